The molecule has 1 aliphatic heterocycles. The van der Waals surface area contributed by atoms with Crippen LogP contribution in [0.1, 0.15) is 182 Å². The molecule has 8 aliphatic rings. The maximum atomic E-state index is 13.7. The summed E-state index contributed by atoms with van der Waals surface area (Å²) in [6.45, 7) is 14.3. The van der Waals surface area contributed by atoms with Gasteiger partial charge in [-0.2, -0.15) is 0 Å². The summed E-state index contributed by atoms with van der Waals surface area (Å²) in [5.74, 6) is -3.30. The summed E-state index contributed by atoms with van der Waals surface area (Å²) in [5, 5.41) is 33.0. The Kier molecular flexibility index (Phi) is 20.3. The van der Waals surface area contributed by atoms with Crippen molar-refractivity contribution in [2.75, 3.05) is 6.26 Å². The molecule has 2 aromatic rings. The zero-order valence-corrected chi connectivity index (χ0v) is 50.0. The van der Waals surface area contributed by atoms with E-state index in [-0.39, 0.29) is 41.8 Å². The molecule has 16 nitrogen and oxygen atoms in total. The van der Waals surface area contributed by atoms with E-state index in [1.807, 2.05) is 25.1 Å². The van der Waals surface area contributed by atoms with Crippen molar-refractivity contribution < 1.29 is 76.7 Å². The molecule has 4 bridgehead atoms. The van der Waals surface area contributed by atoms with Gasteiger partial charge in [0.1, 0.15) is 23.8 Å². The Morgan fingerprint density at radius 1 is 0.841 bits per heavy atom. The van der Waals surface area contributed by atoms with E-state index in [0.29, 0.717) is 29.5 Å². The number of halogens is 1. The molecule has 5 N–H and O–H groups in total. The van der Waals surface area contributed by atoms with Crippen LogP contribution in [0, 0.1) is 29.5 Å². The topological polar surface area (TPSA) is 258 Å². The molecule has 0 aromatic heterocycles. The molecule has 2 aromatic carbocycles. The minimum Gasteiger partial charge on any atom is -0.612 e. The number of carboxylic acid groups (broad SMARTS) is 1. The Bertz CT molecular complexity index is 2850. The number of nitrogens with two attached hydrogens (primary N) is 1. The van der Waals surface area contributed by atoms with Crippen molar-refractivity contribution in [3.8, 4) is 0 Å². The summed E-state index contributed by atoms with van der Waals surface area (Å²) in [6, 6.07) is 11.8. The molecule has 82 heavy (non-hydrogen) atoms. The van der Waals surface area contributed by atoms with Gasteiger partial charge in [0.05, 0.1) is 12.3 Å². The van der Waals surface area contributed by atoms with E-state index >= 15 is 0 Å². The first kappa shape index (κ1) is 63.9. The van der Waals surface area contributed by atoms with Crippen LogP contribution < -0.4 is 5.73 Å². The highest BCUT2D eigenvalue weighted by molar-refractivity contribution is 7.90. The largest absolute Gasteiger partial charge is 0.612 e. The van der Waals surface area contributed by atoms with E-state index in [4.69, 9.17) is 34.5 Å². The maximum absolute atomic E-state index is 13.7. The third kappa shape index (κ3) is 13.6. The monoisotopic (exact) mass is 1160 g/mol. The molecule has 5 saturated carbocycles. The minimum atomic E-state index is -2.57. The lowest BCUT2D eigenvalue weighted by Crippen LogP contribution is -2.64. The molecule has 1 saturated heterocycles. The predicted molar refractivity (Wildman–Crippen MR) is 307 cm³/mol. The molecule has 7 aliphatic carbocycles. The Morgan fingerprint density at radius 3 is 2.00 bits per heavy atom. The highest BCUT2D eigenvalue weighted by Crippen LogP contribution is 2.58. The first-order chi connectivity index (χ1) is 38.6. The molecule has 10 rings (SSSR count). The van der Waals surface area contributed by atoms with E-state index in [1.54, 1.807) is 58.2 Å². The number of hydrogen-bond acceptors (Lipinski definition) is 15. The number of carboxylic acids is 1. The van der Waals surface area contributed by atoms with E-state index in [1.165, 1.54) is 64.5 Å². The van der Waals surface area contributed by atoms with Crippen molar-refractivity contribution in [3.05, 3.63) is 93.3 Å². The van der Waals surface area contributed by atoms with Gasteiger partial charge in [0.25, 0.3) is 0 Å². The summed E-state index contributed by atoms with van der Waals surface area (Å²) in [4.78, 5) is 77.0. The standard InChI is InChI=1S/C34H50O12.C20H17FO3S.C10H17N/c1-9-12-13-14-15-17-24(37)43-28-26-25(20(5)27(28)44-30(38)19(4)11-3)29-34(41,33(8,40)31(39)45-29)22(42-23(36)16-10-2)18-32(26,7)46-21(6)35;1-12-17(9-13-3-6-15(7-4-13)25(2)24)16-8-5-14(21)10-19(16)18(12)11-20(22)23;11-10-4-7-1-8(5-10)3-9(2-7)6-10/h11,22,26-29,40-41H,9-10,12-18H2,1-8H3;3-10H,11H2,1-2H3,(H,22,23);7-9H,1-6,11H2/b19-11-;17-9-;/t22-,26+,27-,28-,29-,32-,33+,34+;;/m0../s1. The number of carbonyl (C=O) groups is 6. The van der Waals surface area contributed by atoms with Crippen LogP contribution in [0.4, 0.5) is 4.39 Å². The summed E-state index contributed by atoms with van der Waals surface area (Å²) >= 11 is -1.04. The quantitative estimate of drug-likeness (QED) is 0.0287. The Hall–Kier alpha value is -5.66. The summed E-state index contributed by atoms with van der Waals surface area (Å²) in [7, 11) is 0. The molecule has 0 amide bonds. The number of carbonyl (C=O) groups excluding carboxylic acids is 5. The van der Waals surface area contributed by atoms with Gasteiger partial charge >= 0.3 is 35.8 Å². The van der Waals surface area contributed by atoms with Gasteiger partial charge in [-0.25, -0.2) is 14.0 Å². The van der Waals surface area contributed by atoms with Gasteiger partial charge in [-0.3, -0.25) is 19.2 Å². The fourth-order valence-corrected chi connectivity index (χ4v) is 14.7. The fraction of sp³-hybridized carbons (Fsp3) is 0.594. The summed E-state index contributed by atoms with van der Waals surface area (Å²) in [6.07, 6.45) is 12.3. The van der Waals surface area contributed by atoms with Crippen molar-refractivity contribution in [2.45, 2.75) is 217 Å². The highest BCUT2D eigenvalue weighted by Gasteiger charge is 2.76. The number of benzene rings is 2. The second-order valence-electron chi connectivity index (χ2n) is 24.3. The second kappa shape index (κ2) is 26.1. The molecular formula is C64H84FNO15S. The zero-order chi connectivity index (χ0) is 60.2. The number of allylic oxidation sites excluding steroid dienone is 3. The number of rotatable bonds is 17. The van der Waals surface area contributed by atoms with E-state index < -0.39 is 101 Å². The minimum absolute atomic E-state index is 0.0234. The summed E-state index contributed by atoms with van der Waals surface area (Å²) < 4.78 is 54.5. The first-order valence-electron chi connectivity index (χ1n) is 29.0. The number of aliphatic carboxylic acids is 1. The number of ether oxygens (including phenoxy) is 5. The van der Waals surface area contributed by atoms with Crippen molar-refractivity contribution in [3.63, 3.8) is 0 Å². The molecule has 0 spiro atoms. The maximum Gasteiger partial charge on any atom is 0.341 e. The second-order valence-corrected chi connectivity index (χ2v) is 25.7. The van der Waals surface area contributed by atoms with Crippen LogP contribution in [0.5, 0.6) is 0 Å². The Morgan fingerprint density at radius 2 is 1.45 bits per heavy atom. The smallest absolute Gasteiger partial charge is 0.341 e. The number of unbranched alkanes of at least 4 members (excludes halogenated alkanes) is 4. The van der Waals surface area contributed by atoms with Gasteiger partial charge in [-0.1, -0.05) is 51.7 Å². The Balaban J connectivity index is 0.000000219. The van der Waals surface area contributed by atoms with Gasteiger partial charge in [0.15, 0.2) is 34.4 Å². The van der Waals surface area contributed by atoms with Gasteiger partial charge in [-0.15, -0.1) is 0 Å². The zero-order valence-electron chi connectivity index (χ0n) is 49.2. The third-order valence-corrected chi connectivity index (χ3v) is 18.8. The average Bonchev–Trinajstić information content (AvgIpc) is 1.64. The van der Waals surface area contributed by atoms with Crippen LogP contribution in [0.2, 0.25) is 0 Å². The lowest BCUT2D eigenvalue weighted by molar-refractivity contribution is -0.212. The molecule has 6 fully saturated rings. The van der Waals surface area contributed by atoms with Crippen LogP contribution in [0.3, 0.4) is 0 Å². The van der Waals surface area contributed by atoms with Gasteiger partial charge in [-0.05, 0) is 209 Å². The van der Waals surface area contributed by atoms with Gasteiger partial charge in [0.2, 0.25) is 0 Å². The lowest BCUT2D eigenvalue weighted by atomic mass is 9.53. The molecule has 9 atom stereocenters. The third-order valence-electron chi connectivity index (χ3n) is 17.9. The molecule has 448 valence electrons. The number of esters is 5. The lowest BCUT2D eigenvalue weighted by Gasteiger charge is -2.55. The van der Waals surface area contributed by atoms with Crippen LogP contribution in [-0.4, -0.2) is 109 Å². The molecular weight excluding hydrogens is 1070 g/mol. The van der Waals surface area contributed by atoms with Crippen LogP contribution in [0.15, 0.2) is 75.7 Å². The van der Waals surface area contributed by atoms with Crippen LogP contribution in [0.25, 0.3) is 17.2 Å². The number of aliphatic hydroxyl groups is 2. The van der Waals surface area contributed by atoms with E-state index in [9.17, 15) is 47.9 Å². The molecule has 0 radical (unpaired) electrons. The fourth-order valence-electron chi connectivity index (χ4n) is 14.1. The van der Waals surface area contributed by atoms with Crippen LogP contribution >= 0.6 is 0 Å². The molecule has 18 heteroatoms. The van der Waals surface area contributed by atoms with Crippen molar-refractivity contribution in [1.82, 2.24) is 0 Å². The normalized spacial score (nSPS) is 32.0. The predicted octanol–water partition coefficient (Wildman–Crippen LogP) is 10.2. The average molecular weight is 1160 g/mol. The summed E-state index contributed by atoms with van der Waals surface area (Å²) in [5.41, 5.74) is 5.25. The Labute approximate surface area is 484 Å². The van der Waals surface area contributed by atoms with Gasteiger partial charge in [0, 0.05) is 37.3 Å². The van der Waals surface area contributed by atoms with Crippen molar-refractivity contribution in [2.24, 2.45) is 29.4 Å². The van der Waals surface area contributed by atoms with E-state index in [2.05, 4.69) is 6.92 Å². The van der Waals surface area contributed by atoms with Crippen molar-refractivity contribution in [1.29, 1.82) is 0 Å². The highest BCUT2D eigenvalue weighted by atomic mass is 32.2. The van der Waals surface area contributed by atoms with Crippen LogP contribution in [-0.2, 0) is 63.6 Å². The van der Waals surface area contributed by atoms with Crippen molar-refractivity contribution >= 4 is 64.2 Å². The molecule has 1 unspecified atom stereocenters. The van der Waals surface area contributed by atoms with E-state index in [0.717, 1.165) is 77.5 Å². The number of hydrogen-bond donors (Lipinski definition) is 4. The van der Waals surface area contributed by atoms with Gasteiger partial charge < -0.3 is 49.3 Å². The molecule has 1 heterocycles. The SMILES string of the molecule is C/C=C(/C)C(=O)O[C@H]1C(C)=C2[C@H]([C@@H]1OC(=O)CCCCCCC)[C@@](C)(OC(C)=O)C[C@H](OC(=O)CCC)[C@@]1(O)[C@H]2OC(=O)[C@@]1(C)O.CC1=C(CC(=O)O)c2cc(F)ccc2/C1=C\c1ccc([S+](C)[O-])cc1.NC12CC3CC(CC(C3)C1)C2. The number of fused-ring (bicyclic) bond motifs is 4. The first-order valence-corrected chi connectivity index (χ1v) is 30.6.